The molecule has 2 heterocycles. The van der Waals surface area contributed by atoms with Gasteiger partial charge in [0, 0.05) is 37.3 Å². The third-order valence-electron chi connectivity index (χ3n) is 2.92. The van der Waals surface area contributed by atoms with Gasteiger partial charge in [0.15, 0.2) is 0 Å². The molecule has 0 aromatic carbocycles. The Morgan fingerprint density at radius 2 is 2.24 bits per heavy atom. The van der Waals surface area contributed by atoms with Crippen LogP contribution in [0.1, 0.15) is 31.3 Å². The molecule has 0 fully saturated rings. The van der Waals surface area contributed by atoms with Crippen molar-refractivity contribution in [3.05, 3.63) is 23.5 Å². The van der Waals surface area contributed by atoms with E-state index in [4.69, 9.17) is 0 Å². The molecule has 2 rings (SSSR count). The highest BCUT2D eigenvalue weighted by Crippen LogP contribution is 2.23. The summed E-state index contributed by atoms with van der Waals surface area (Å²) in [4.78, 5) is 18.4. The molecule has 7 heteroatoms. The molecule has 0 bridgehead atoms. The fraction of sp³-hybridized carbons (Fsp3) is 0.500. The average Bonchev–Trinajstić information content (AvgIpc) is 3.02. The third-order valence-corrected chi connectivity index (χ3v) is 3.81. The minimum absolute atomic E-state index is 0.161. The van der Waals surface area contributed by atoms with Gasteiger partial charge >= 0.3 is 0 Å². The summed E-state index contributed by atoms with van der Waals surface area (Å²) in [5.74, 6) is -0.161. The second kappa shape index (κ2) is 5.95. The summed E-state index contributed by atoms with van der Waals surface area (Å²) in [5.41, 5.74) is 0.380. The van der Waals surface area contributed by atoms with Crippen LogP contribution in [0.15, 0.2) is 17.8 Å². The van der Waals surface area contributed by atoms with Gasteiger partial charge in [0.1, 0.15) is 10.7 Å². The lowest BCUT2D eigenvalue weighted by molar-refractivity contribution is 0.0312. The molecule has 0 saturated heterocycles. The number of hydrogen-bond acceptors (Lipinski definition) is 5. The van der Waals surface area contributed by atoms with E-state index in [9.17, 15) is 9.90 Å². The molecule has 114 valence electrons. The maximum atomic E-state index is 12.4. The Morgan fingerprint density at radius 3 is 2.76 bits per heavy atom. The van der Waals surface area contributed by atoms with E-state index in [1.54, 1.807) is 35.0 Å². The zero-order chi connectivity index (χ0) is 15.6. The van der Waals surface area contributed by atoms with E-state index in [1.807, 2.05) is 20.2 Å². The van der Waals surface area contributed by atoms with Crippen molar-refractivity contribution >= 4 is 17.2 Å². The van der Waals surface area contributed by atoms with Gasteiger partial charge in [-0.1, -0.05) is 0 Å². The number of carbonyl (C=O) groups is 1. The van der Waals surface area contributed by atoms with Crippen molar-refractivity contribution in [3.8, 4) is 10.6 Å². The van der Waals surface area contributed by atoms with Gasteiger partial charge in [-0.15, -0.1) is 11.3 Å². The first kappa shape index (κ1) is 15.7. The monoisotopic (exact) mass is 308 g/mol. The summed E-state index contributed by atoms with van der Waals surface area (Å²) in [5, 5.41) is 16.5. The molecule has 6 nitrogen and oxygen atoms in total. The van der Waals surface area contributed by atoms with E-state index in [1.165, 1.54) is 11.3 Å². The van der Waals surface area contributed by atoms with Gasteiger partial charge in [0.25, 0.3) is 5.91 Å². The molecule has 2 aromatic rings. The number of carbonyl (C=O) groups excluding carboxylic acids is 1. The van der Waals surface area contributed by atoms with E-state index < -0.39 is 5.60 Å². The van der Waals surface area contributed by atoms with Crippen molar-refractivity contribution in [2.24, 2.45) is 7.05 Å². The molecule has 0 atom stereocenters. The topological polar surface area (TPSA) is 71.2 Å². The zero-order valence-electron chi connectivity index (χ0n) is 12.7. The van der Waals surface area contributed by atoms with Crippen molar-refractivity contribution in [2.45, 2.75) is 26.4 Å². The second-order valence-corrected chi connectivity index (χ2v) is 6.43. The number of aliphatic hydroxyl groups is 1. The SMILES string of the molecule is CCN(CC(C)(C)O)C(=O)c1csc(-c2cnn(C)c2)n1. The van der Waals surface area contributed by atoms with Crippen LogP contribution in [0.4, 0.5) is 0 Å². The Labute approximate surface area is 128 Å². The quantitative estimate of drug-likeness (QED) is 0.914. The van der Waals surface area contributed by atoms with Gasteiger partial charge in [0.05, 0.1) is 11.8 Å². The molecule has 0 unspecified atom stereocenters. The average molecular weight is 308 g/mol. The predicted octanol–water partition coefficient (Wildman–Crippen LogP) is 1.78. The van der Waals surface area contributed by atoms with Crippen LogP contribution in [-0.2, 0) is 7.05 Å². The summed E-state index contributed by atoms with van der Waals surface area (Å²) < 4.78 is 1.70. The maximum Gasteiger partial charge on any atom is 0.273 e. The molecule has 0 aliphatic heterocycles. The predicted molar refractivity (Wildman–Crippen MR) is 82.2 cm³/mol. The van der Waals surface area contributed by atoms with Gasteiger partial charge in [0.2, 0.25) is 0 Å². The van der Waals surface area contributed by atoms with Crippen molar-refractivity contribution in [1.82, 2.24) is 19.7 Å². The summed E-state index contributed by atoms with van der Waals surface area (Å²) in [6, 6.07) is 0. The molecule has 0 spiro atoms. The number of aryl methyl sites for hydroxylation is 1. The first-order chi connectivity index (χ1) is 9.80. The van der Waals surface area contributed by atoms with E-state index in [0.717, 1.165) is 10.6 Å². The van der Waals surface area contributed by atoms with Gasteiger partial charge in [-0.3, -0.25) is 9.48 Å². The largest absolute Gasteiger partial charge is 0.389 e. The van der Waals surface area contributed by atoms with Gasteiger partial charge < -0.3 is 10.0 Å². The third kappa shape index (κ3) is 3.89. The summed E-state index contributed by atoms with van der Waals surface area (Å²) in [7, 11) is 1.84. The molecule has 21 heavy (non-hydrogen) atoms. The molecule has 0 radical (unpaired) electrons. The summed E-state index contributed by atoms with van der Waals surface area (Å²) in [6.07, 6.45) is 3.59. The van der Waals surface area contributed by atoms with Crippen LogP contribution in [0.3, 0.4) is 0 Å². The molecule has 0 saturated carbocycles. The smallest absolute Gasteiger partial charge is 0.273 e. The first-order valence-corrected chi connectivity index (χ1v) is 7.64. The molecule has 2 aromatic heterocycles. The van der Waals surface area contributed by atoms with Crippen LogP contribution in [0.25, 0.3) is 10.6 Å². The van der Waals surface area contributed by atoms with Crippen molar-refractivity contribution in [3.63, 3.8) is 0 Å². The lowest BCUT2D eigenvalue weighted by atomic mass is 10.1. The number of nitrogens with zero attached hydrogens (tertiary/aromatic N) is 4. The Hall–Kier alpha value is -1.73. The Bertz CT molecular complexity index is 627. The van der Waals surface area contributed by atoms with Gasteiger partial charge in [-0.25, -0.2) is 4.98 Å². The molecule has 1 N–H and O–H groups in total. The Kier molecular flexibility index (Phi) is 4.43. The standard InChI is InChI=1S/C14H20N4O2S/c1-5-18(9-14(2,3)20)13(19)11-8-21-12(16-11)10-6-15-17(4)7-10/h6-8,20H,5,9H2,1-4H3. The van der Waals surface area contributed by atoms with Crippen molar-refractivity contribution in [1.29, 1.82) is 0 Å². The molecule has 1 amide bonds. The highest BCUT2D eigenvalue weighted by atomic mass is 32.1. The highest BCUT2D eigenvalue weighted by molar-refractivity contribution is 7.13. The minimum Gasteiger partial charge on any atom is -0.389 e. The summed E-state index contributed by atoms with van der Waals surface area (Å²) in [6.45, 7) is 6.07. The summed E-state index contributed by atoms with van der Waals surface area (Å²) >= 11 is 1.42. The zero-order valence-corrected chi connectivity index (χ0v) is 13.5. The Morgan fingerprint density at radius 1 is 1.52 bits per heavy atom. The van der Waals surface area contributed by atoms with Crippen LogP contribution in [-0.4, -0.2) is 49.4 Å². The van der Waals surface area contributed by atoms with Crippen molar-refractivity contribution < 1.29 is 9.90 Å². The lowest BCUT2D eigenvalue weighted by Crippen LogP contribution is -2.42. The van der Waals surface area contributed by atoms with Crippen LogP contribution in [0.5, 0.6) is 0 Å². The second-order valence-electron chi connectivity index (χ2n) is 5.57. The normalized spacial score (nSPS) is 11.7. The lowest BCUT2D eigenvalue weighted by Gasteiger charge is -2.27. The number of thiazole rings is 1. The number of likely N-dealkylation sites (N-methyl/N-ethyl adjacent to an activating group) is 1. The van der Waals surface area contributed by atoms with Gasteiger partial charge in [-0.2, -0.15) is 5.10 Å². The Balaban J connectivity index is 2.18. The van der Waals surface area contributed by atoms with Crippen LogP contribution in [0.2, 0.25) is 0 Å². The van der Waals surface area contributed by atoms with E-state index >= 15 is 0 Å². The van der Waals surface area contributed by atoms with Crippen LogP contribution >= 0.6 is 11.3 Å². The number of rotatable bonds is 5. The number of amides is 1. The fourth-order valence-electron chi connectivity index (χ4n) is 1.99. The molecular weight excluding hydrogens is 288 g/mol. The molecule has 0 aliphatic carbocycles. The van der Waals surface area contributed by atoms with Crippen molar-refractivity contribution in [2.75, 3.05) is 13.1 Å². The first-order valence-electron chi connectivity index (χ1n) is 6.76. The van der Waals surface area contributed by atoms with Crippen LogP contribution in [0, 0.1) is 0 Å². The number of hydrogen-bond donors (Lipinski definition) is 1. The minimum atomic E-state index is -0.923. The maximum absolute atomic E-state index is 12.4. The fourth-order valence-corrected chi connectivity index (χ4v) is 2.76. The van der Waals surface area contributed by atoms with E-state index in [-0.39, 0.29) is 12.5 Å². The van der Waals surface area contributed by atoms with E-state index in [2.05, 4.69) is 10.1 Å². The van der Waals surface area contributed by atoms with Gasteiger partial charge in [-0.05, 0) is 20.8 Å². The highest BCUT2D eigenvalue weighted by Gasteiger charge is 2.24. The molecule has 0 aliphatic rings. The van der Waals surface area contributed by atoms with Crippen LogP contribution < -0.4 is 0 Å². The number of aromatic nitrogens is 3. The molecular formula is C14H20N4O2S. The van der Waals surface area contributed by atoms with E-state index in [0.29, 0.717) is 12.2 Å².